The lowest BCUT2D eigenvalue weighted by Gasteiger charge is -2.38. The predicted octanol–water partition coefficient (Wildman–Crippen LogP) is 1.54. The van der Waals surface area contributed by atoms with E-state index in [1.54, 1.807) is 0 Å². The summed E-state index contributed by atoms with van der Waals surface area (Å²) in [4.78, 5) is 14.5. The summed E-state index contributed by atoms with van der Waals surface area (Å²) in [5, 5.41) is 3.64. The molecule has 4 heteroatoms. The molecule has 2 bridgehead atoms. The second-order valence-corrected chi connectivity index (χ2v) is 6.72. The van der Waals surface area contributed by atoms with Crippen LogP contribution in [0.2, 0.25) is 0 Å². The molecule has 3 rings (SSSR count). The van der Waals surface area contributed by atoms with E-state index in [0.717, 1.165) is 13.0 Å². The van der Waals surface area contributed by atoms with Crippen LogP contribution in [0.4, 0.5) is 0 Å². The van der Waals surface area contributed by atoms with Crippen molar-refractivity contribution in [1.29, 1.82) is 0 Å². The molecule has 0 radical (unpaired) electrons. The molecule has 3 heterocycles. The molecule has 3 aliphatic heterocycles. The van der Waals surface area contributed by atoms with Gasteiger partial charge in [-0.2, -0.15) is 0 Å². The molecule has 0 aliphatic carbocycles. The fourth-order valence-corrected chi connectivity index (χ4v) is 3.96. The van der Waals surface area contributed by atoms with Crippen molar-refractivity contribution in [1.82, 2.24) is 10.2 Å². The van der Waals surface area contributed by atoms with Gasteiger partial charge in [0.2, 0.25) is 5.91 Å². The van der Waals surface area contributed by atoms with Crippen LogP contribution < -0.4 is 5.32 Å². The summed E-state index contributed by atoms with van der Waals surface area (Å²) in [6.07, 6.45) is 5.92. The van der Waals surface area contributed by atoms with Gasteiger partial charge in [-0.1, -0.05) is 0 Å². The van der Waals surface area contributed by atoms with E-state index in [4.69, 9.17) is 4.74 Å². The zero-order valence-corrected chi connectivity index (χ0v) is 12.1. The van der Waals surface area contributed by atoms with Crippen molar-refractivity contribution in [2.24, 2.45) is 5.92 Å². The Hall–Kier alpha value is -0.610. The van der Waals surface area contributed by atoms with Crippen LogP contribution in [0, 0.1) is 5.92 Å². The summed E-state index contributed by atoms with van der Waals surface area (Å²) in [5.74, 6) is 0.936. The summed E-state index contributed by atoms with van der Waals surface area (Å²) < 4.78 is 5.60. The molecule has 3 aliphatic rings. The summed E-state index contributed by atoms with van der Waals surface area (Å²) in [6, 6.07) is 1.59. The molecule has 108 valence electrons. The normalized spacial score (nSPS) is 42.4. The fourth-order valence-electron chi connectivity index (χ4n) is 3.96. The van der Waals surface area contributed by atoms with Gasteiger partial charge in [-0.3, -0.25) is 4.79 Å². The number of ether oxygens (including phenoxy) is 1. The van der Waals surface area contributed by atoms with Crippen molar-refractivity contribution in [2.45, 2.75) is 70.2 Å². The lowest BCUT2D eigenvalue weighted by Crippen LogP contribution is -2.51. The van der Waals surface area contributed by atoms with Gasteiger partial charge in [-0.25, -0.2) is 0 Å². The smallest absolute Gasteiger partial charge is 0.223 e. The number of hydrogen-bond donors (Lipinski definition) is 1. The maximum atomic E-state index is 12.5. The van der Waals surface area contributed by atoms with Crippen molar-refractivity contribution in [2.75, 3.05) is 13.2 Å². The van der Waals surface area contributed by atoms with Crippen LogP contribution in [0.15, 0.2) is 0 Å². The molecule has 4 unspecified atom stereocenters. The van der Waals surface area contributed by atoms with Gasteiger partial charge in [-0.15, -0.1) is 0 Å². The van der Waals surface area contributed by atoms with Crippen LogP contribution >= 0.6 is 0 Å². The second-order valence-electron chi connectivity index (χ2n) is 6.72. The SMILES string of the molecule is CC1CN(C(=O)CC2CC3CCC(C2)N3)C(C)CO1. The highest BCUT2D eigenvalue weighted by molar-refractivity contribution is 5.77. The zero-order valence-electron chi connectivity index (χ0n) is 12.1. The van der Waals surface area contributed by atoms with Crippen molar-refractivity contribution in [3.8, 4) is 0 Å². The molecule has 0 aromatic heterocycles. The maximum absolute atomic E-state index is 12.5. The number of morpholine rings is 1. The van der Waals surface area contributed by atoms with Gasteiger partial charge in [0, 0.05) is 25.0 Å². The van der Waals surface area contributed by atoms with Gasteiger partial charge >= 0.3 is 0 Å². The van der Waals surface area contributed by atoms with E-state index in [0.29, 0.717) is 30.5 Å². The molecule has 3 saturated heterocycles. The lowest BCUT2D eigenvalue weighted by molar-refractivity contribution is -0.144. The highest BCUT2D eigenvalue weighted by Crippen LogP contribution is 2.33. The Morgan fingerprint density at radius 3 is 2.63 bits per heavy atom. The Morgan fingerprint density at radius 1 is 1.26 bits per heavy atom. The van der Waals surface area contributed by atoms with Crippen molar-refractivity contribution in [3.63, 3.8) is 0 Å². The van der Waals surface area contributed by atoms with Crippen molar-refractivity contribution < 1.29 is 9.53 Å². The molecular weight excluding hydrogens is 240 g/mol. The Bertz CT molecular complexity index is 335. The van der Waals surface area contributed by atoms with E-state index in [2.05, 4.69) is 19.2 Å². The summed E-state index contributed by atoms with van der Waals surface area (Å²) in [6.45, 7) is 5.59. The Balaban J connectivity index is 1.55. The van der Waals surface area contributed by atoms with Crippen LogP contribution in [0.1, 0.15) is 46.0 Å². The molecule has 0 saturated carbocycles. The van der Waals surface area contributed by atoms with Gasteiger partial charge < -0.3 is 15.0 Å². The molecule has 0 aromatic carbocycles. The summed E-state index contributed by atoms with van der Waals surface area (Å²) >= 11 is 0. The topological polar surface area (TPSA) is 41.6 Å². The minimum Gasteiger partial charge on any atom is -0.375 e. The molecule has 3 fully saturated rings. The number of fused-ring (bicyclic) bond motifs is 2. The molecule has 0 aromatic rings. The van der Waals surface area contributed by atoms with E-state index >= 15 is 0 Å². The largest absolute Gasteiger partial charge is 0.375 e. The summed E-state index contributed by atoms with van der Waals surface area (Å²) in [7, 11) is 0. The van der Waals surface area contributed by atoms with E-state index < -0.39 is 0 Å². The number of piperidine rings is 1. The average Bonchev–Trinajstić information content (AvgIpc) is 2.71. The molecule has 4 atom stereocenters. The van der Waals surface area contributed by atoms with E-state index in [9.17, 15) is 4.79 Å². The molecule has 0 spiro atoms. The van der Waals surface area contributed by atoms with Crippen molar-refractivity contribution >= 4 is 5.91 Å². The van der Waals surface area contributed by atoms with Crippen molar-refractivity contribution in [3.05, 3.63) is 0 Å². The van der Waals surface area contributed by atoms with Crippen LogP contribution in [0.3, 0.4) is 0 Å². The maximum Gasteiger partial charge on any atom is 0.223 e. The third-order valence-electron chi connectivity index (χ3n) is 4.96. The second kappa shape index (κ2) is 5.41. The molecule has 1 amide bonds. The Morgan fingerprint density at radius 2 is 1.95 bits per heavy atom. The first-order valence-corrected chi connectivity index (χ1v) is 7.79. The van der Waals surface area contributed by atoms with Crippen LogP contribution in [-0.4, -0.2) is 48.2 Å². The zero-order chi connectivity index (χ0) is 13.4. The third-order valence-corrected chi connectivity index (χ3v) is 4.96. The van der Waals surface area contributed by atoms with Gasteiger partial charge in [0.25, 0.3) is 0 Å². The number of rotatable bonds is 2. The van der Waals surface area contributed by atoms with Gasteiger partial charge in [0.05, 0.1) is 18.8 Å². The third kappa shape index (κ3) is 2.95. The Labute approximate surface area is 115 Å². The van der Waals surface area contributed by atoms with Crippen LogP contribution in [0.5, 0.6) is 0 Å². The minimum atomic E-state index is 0.185. The minimum absolute atomic E-state index is 0.185. The number of hydrogen-bond acceptors (Lipinski definition) is 3. The van der Waals surface area contributed by atoms with E-state index in [-0.39, 0.29) is 12.1 Å². The van der Waals surface area contributed by atoms with Gasteiger partial charge in [0.15, 0.2) is 0 Å². The van der Waals surface area contributed by atoms with Crippen LogP contribution in [0.25, 0.3) is 0 Å². The first-order valence-electron chi connectivity index (χ1n) is 7.79. The number of amides is 1. The number of nitrogens with zero attached hydrogens (tertiary/aromatic N) is 1. The van der Waals surface area contributed by atoms with E-state index in [1.165, 1.54) is 25.7 Å². The highest BCUT2D eigenvalue weighted by Gasteiger charge is 2.36. The molecule has 19 heavy (non-hydrogen) atoms. The quantitative estimate of drug-likeness (QED) is 0.824. The highest BCUT2D eigenvalue weighted by atomic mass is 16.5. The summed E-state index contributed by atoms with van der Waals surface area (Å²) in [5.41, 5.74) is 0. The van der Waals surface area contributed by atoms with Gasteiger partial charge in [-0.05, 0) is 45.4 Å². The molecule has 4 nitrogen and oxygen atoms in total. The number of carbonyl (C=O) groups excluding carboxylic acids is 1. The molecule has 1 N–H and O–H groups in total. The lowest BCUT2D eigenvalue weighted by atomic mass is 9.89. The molecular formula is C15H26N2O2. The van der Waals surface area contributed by atoms with Gasteiger partial charge in [0.1, 0.15) is 0 Å². The predicted molar refractivity (Wildman–Crippen MR) is 73.9 cm³/mol. The first-order chi connectivity index (χ1) is 9.11. The first kappa shape index (κ1) is 13.4. The van der Waals surface area contributed by atoms with Crippen LogP contribution in [-0.2, 0) is 9.53 Å². The van der Waals surface area contributed by atoms with E-state index in [1.807, 2.05) is 4.90 Å². The number of nitrogens with one attached hydrogen (secondary N) is 1. The average molecular weight is 266 g/mol. The standard InChI is InChI=1S/C15H26N2O2/c1-10-9-19-11(2)8-17(10)15(18)7-12-5-13-3-4-14(6-12)16-13/h10-14,16H,3-9H2,1-2H3. The number of carbonyl (C=O) groups is 1. The monoisotopic (exact) mass is 266 g/mol. The Kier molecular flexibility index (Phi) is 3.81. The fraction of sp³-hybridized carbons (Fsp3) is 0.933.